The molecule has 11 heteroatoms. The zero-order valence-corrected chi connectivity index (χ0v) is 16.7. The van der Waals surface area contributed by atoms with E-state index in [1.165, 1.54) is 0 Å². The van der Waals surface area contributed by atoms with Crippen molar-refractivity contribution >= 4 is 21.8 Å². The van der Waals surface area contributed by atoms with Crippen LogP contribution in [0.4, 0.5) is 23.7 Å². The molecule has 0 aliphatic carbocycles. The van der Waals surface area contributed by atoms with E-state index < -0.39 is 50.1 Å². The lowest BCUT2D eigenvalue weighted by molar-refractivity contribution is -0.137. The number of hydrogen-bond donors (Lipinski definition) is 2. The van der Waals surface area contributed by atoms with Crippen molar-refractivity contribution < 1.29 is 31.1 Å². The lowest BCUT2D eigenvalue weighted by atomic mass is 10.1. The summed E-state index contributed by atoms with van der Waals surface area (Å²) in [6.45, 7) is 5.17. The predicted molar refractivity (Wildman–Crippen MR) is 97.0 cm³/mol. The van der Waals surface area contributed by atoms with Crippen molar-refractivity contribution in [1.82, 2.24) is 9.62 Å². The minimum atomic E-state index is -4.77. The third kappa shape index (κ3) is 5.51. The largest absolute Gasteiger partial charge is 0.444 e. The molecule has 1 aromatic rings. The molecule has 1 atom stereocenters. The average Bonchev–Trinajstić information content (AvgIpc) is 2.52. The monoisotopic (exact) mass is 423 g/mol. The first-order chi connectivity index (χ1) is 12.7. The molecule has 0 radical (unpaired) electrons. The second-order valence-electron chi connectivity index (χ2n) is 7.60. The number of carbonyl (C=O) groups excluding carboxylic acids is 1. The van der Waals surface area contributed by atoms with Crippen molar-refractivity contribution in [2.24, 2.45) is 0 Å². The Labute approximate surface area is 162 Å². The number of carbonyl (C=O) groups is 1. The topological polar surface area (TPSA) is 102 Å². The number of nitrogens with one attached hydrogen (secondary N) is 1. The first-order valence-electron chi connectivity index (χ1n) is 8.66. The van der Waals surface area contributed by atoms with Crippen molar-refractivity contribution in [2.45, 2.75) is 56.3 Å². The normalized spacial score (nSPS) is 19.3. The molecular weight excluding hydrogens is 399 g/mol. The molecule has 2 rings (SSSR count). The van der Waals surface area contributed by atoms with Gasteiger partial charge in [-0.3, -0.25) is 0 Å². The number of piperidine rings is 1. The van der Waals surface area contributed by atoms with Gasteiger partial charge in [-0.1, -0.05) is 0 Å². The van der Waals surface area contributed by atoms with Gasteiger partial charge < -0.3 is 15.8 Å². The van der Waals surface area contributed by atoms with Crippen LogP contribution in [-0.2, 0) is 20.9 Å². The quantitative estimate of drug-likeness (QED) is 0.728. The van der Waals surface area contributed by atoms with E-state index in [2.05, 4.69) is 5.32 Å². The molecule has 158 valence electrons. The van der Waals surface area contributed by atoms with E-state index in [1.807, 2.05) is 0 Å². The lowest BCUT2D eigenvalue weighted by Crippen LogP contribution is -2.50. The number of sulfonamides is 1. The number of nitrogens with two attached hydrogens (primary N) is 1. The van der Waals surface area contributed by atoms with Crippen LogP contribution in [0.1, 0.15) is 39.2 Å². The number of hydrogen-bond acceptors (Lipinski definition) is 5. The highest BCUT2D eigenvalue weighted by molar-refractivity contribution is 7.89. The van der Waals surface area contributed by atoms with Crippen molar-refractivity contribution in [3.05, 3.63) is 23.8 Å². The summed E-state index contributed by atoms with van der Waals surface area (Å²) in [4.78, 5) is 11.4. The first kappa shape index (κ1) is 22.3. The van der Waals surface area contributed by atoms with Gasteiger partial charge in [0.05, 0.1) is 10.5 Å². The van der Waals surface area contributed by atoms with E-state index >= 15 is 0 Å². The molecular formula is C17H24F3N3O4S. The van der Waals surface area contributed by atoms with Gasteiger partial charge in [0, 0.05) is 24.8 Å². The van der Waals surface area contributed by atoms with Crippen LogP contribution >= 0.6 is 0 Å². The summed E-state index contributed by atoms with van der Waals surface area (Å²) in [5.41, 5.74) is 2.88. The van der Waals surface area contributed by atoms with Crippen molar-refractivity contribution in [3.63, 3.8) is 0 Å². The van der Waals surface area contributed by atoms with E-state index in [9.17, 15) is 26.4 Å². The van der Waals surface area contributed by atoms with Crippen LogP contribution in [-0.4, -0.2) is 43.5 Å². The van der Waals surface area contributed by atoms with Gasteiger partial charge in [-0.2, -0.15) is 17.5 Å². The number of benzene rings is 1. The Balaban J connectivity index is 2.19. The third-order valence-corrected chi connectivity index (χ3v) is 5.93. The number of ether oxygens (including phenoxy) is 1. The van der Waals surface area contributed by atoms with Crippen LogP contribution in [0, 0.1) is 0 Å². The number of rotatable bonds is 3. The average molecular weight is 423 g/mol. The molecule has 1 aromatic carbocycles. The highest BCUT2D eigenvalue weighted by Gasteiger charge is 2.36. The molecule has 0 saturated carbocycles. The number of amides is 1. The molecule has 1 saturated heterocycles. The van der Waals surface area contributed by atoms with E-state index in [0.717, 1.165) is 16.4 Å². The standard InChI is InChI=1S/C17H24F3N3O4S/c1-16(2,3)27-15(24)22-11-5-4-8-23(10-11)28(25,26)12-6-7-14(21)13(9-12)17(18,19)20/h6-7,9,11H,4-5,8,10,21H2,1-3H3,(H,22,24)/t11-/m0/s1. The molecule has 0 spiro atoms. The van der Waals surface area contributed by atoms with Crippen LogP contribution in [0.25, 0.3) is 0 Å². The second kappa shape index (κ2) is 7.78. The Hall–Kier alpha value is -2.01. The molecule has 0 aromatic heterocycles. The first-order valence-corrected chi connectivity index (χ1v) is 10.1. The van der Waals surface area contributed by atoms with E-state index in [4.69, 9.17) is 10.5 Å². The van der Waals surface area contributed by atoms with Crippen LogP contribution in [0.2, 0.25) is 0 Å². The Morgan fingerprint density at radius 2 is 1.93 bits per heavy atom. The molecule has 3 N–H and O–H groups in total. The Bertz CT molecular complexity index is 835. The van der Waals surface area contributed by atoms with Crippen LogP contribution in [0.15, 0.2) is 23.1 Å². The van der Waals surface area contributed by atoms with Gasteiger partial charge in [0.2, 0.25) is 10.0 Å². The van der Waals surface area contributed by atoms with E-state index in [-0.39, 0.29) is 13.1 Å². The summed E-state index contributed by atoms with van der Waals surface area (Å²) in [5.74, 6) is 0. The van der Waals surface area contributed by atoms with Crippen LogP contribution in [0.3, 0.4) is 0 Å². The fourth-order valence-corrected chi connectivity index (χ4v) is 4.39. The van der Waals surface area contributed by atoms with Gasteiger partial charge in [0.25, 0.3) is 0 Å². The highest BCUT2D eigenvalue weighted by Crippen LogP contribution is 2.35. The van der Waals surface area contributed by atoms with Crippen LogP contribution < -0.4 is 11.1 Å². The molecule has 7 nitrogen and oxygen atoms in total. The summed E-state index contributed by atoms with van der Waals surface area (Å²) >= 11 is 0. The molecule has 1 fully saturated rings. The van der Waals surface area contributed by atoms with Crippen molar-refractivity contribution in [2.75, 3.05) is 18.8 Å². The molecule has 1 aliphatic heterocycles. The fourth-order valence-electron chi connectivity index (χ4n) is 2.84. The van der Waals surface area contributed by atoms with Crippen molar-refractivity contribution in [1.29, 1.82) is 0 Å². The maximum absolute atomic E-state index is 13.1. The Kier molecular flexibility index (Phi) is 6.19. The maximum atomic E-state index is 13.1. The number of anilines is 1. The number of nitrogen functional groups attached to an aromatic ring is 1. The molecule has 1 amide bonds. The van der Waals surface area contributed by atoms with Gasteiger partial charge in [0.15, 0.2) is 0 Å². The molecule has 0 bridgehead atoms. The van der Waals surface area contributed by atoms with Gasteiger partial charge in [-0.25, -0.2) is 13.2 Å². The smallest absolute Gasteiger partial charge is 0.418 e. The number of nitrogens with zero attached hydrogens (tertiary/aromatic N) is 1. The summed E-state index contributed by atoms with van der Waals surface area (Å²) < 4.78 is 71.0. The van der Waals surface area contributed by atoms with Gasteiger partial charge in [-0.05, 0) is 51.8 Å². The summed E-state index contributed by atoms with van der Waals surface area (Å²) in [5, 5.41) is 2.61. The summed E-state index contributed by atoms with van der Waals surface area (Å²) in [7, 11) is -4.18. The highest BCUT2D eigenvalue weighted by atomic mass is 32.2. The Morgan fingerprint density at radius 3 is 2.50 bits per heavy atom. The molecule has 28 heavy (non-hydrogen) atoms. The van der Waals surface area contributed by atoms with E-state index in [0.29, 0.717) is 18.9 Å². The number of alkyl halides is 3. The Morgan fingerprint density at radius 1 is 1.29 bits per heavy atom. The van der Waals surface area contributed by atoms with Gasteiger partial charge in [0.1, 0.15) is 5.60 Å². The SMILES string of the molecule is CC(C)(C)OC(=O)N[C@H]1CCCN(S(=O)(=O)c2ccc(N)c(C(F)(F)F)c2)C1. The second-order valence-corrected chi connectivity index (χ2v) is 9.53. The van der Waals surface area contributed by atoms with Gasteiger partial charge in [-0.15, -0.1) is 0 Å². The third-order valence-electron chi connectivity index (χ3n) is 4.07. The lowest BCUT2D eigenvalue weighted by Gasteiger charge is -2.33. The number of alkyl carbamates (subject to hydrolysis) is 1. The fraction of sp³-hybridized carbons (Fsp3) is 0.588. The maximum Gasteiger partial charge on any atom is 0.418 e. The zero-order valence-electron chi connectivity index (χ0n) is 15.8. The van der Waals surface area contributed by atoms with E-state index in [1.54, 1.807) is 20.8 Å². The number of halogens is 3. The minimum absolute atomic E-state index is 0.0622. The van der Waals surface area contributed by atoms with Crippen molar-refractivity contribution in [3.8, 4) is 0 Å². The minimum Gasteiger partial charge on any atom is -0.444 e. The van der Waals surface area contributed by atoms with Crippen LogP contribution in [0.5, 0.6) is 0 Å². The summed E-state index contributed by atoms with van der Waals surface area (Å²) in [6.07, 6.45) is -4.47. The summed E-state index contributed by atoms with van der Waals surface area (Å²) in [6, 6.07) is 2.01. The molecule has 0 unspecified atom stereocenters. The zero-order chi connectivity index (χ0) is 21.3. The molecule has 1 aliphatic rings. The predicted octanol–water partition coefficient (Wildman–Crippen LogP) is 2.97. The van der Waals surface area contributed by atoms with Gasteiger partial charge >= 0.3 is 12.3 Å². The molecule has 1 heterocycles.